The van der Waals surface area contributed by atoms with E-state index in [1.165, 1.54) is 6.42 Å². The lowest BCUT2D eigenvalue weighted by Gasteiger charge is -2.36. The Kier molecular flexibility index (Phi) is 1.81. The summed E-state index contributed by atoms with van der Waals surface area (Å²) in [5, 5.41) is 13.5. The van der Waals surface area contributed by atoms with Gasteiger partial charge in [0, 0.05) is 6.04 Å². The van der Waals surface area contributed by atoms with Crippen molar-refractivity contribution in [2.75, 3.05) is 7.05 Å². The molecule has 13 heavy (non-hydrogen) atoms. The summed E-state index contributed by atoms with van der Waals surface area (Å²) in [4.78, 5) is 0. The van der Waals surface area contributed by atoms with E-state index >= 15 is 0 Å². The average molecular weight is 183 g/mol. The average Bonchev–Trinajstić information content (AvgIpc) is 2.53. The fourth-order valence-corrected chi connectivity index (χ4v) is 3.48. The highest BCUT2D eigenvalue weighted by molar-refractivity contribution is 5.17. The molecular weight excluding hydrogens is 162 g/mol. The number of fused-ring (bicyclic) bond motifs is 1. The molecule has 2 nitrogen and oxygen atoms in total. The minimum absolute atomic E-state index is 0.293. The van der Waals surface area contributed by atoms with Gasteiger partial charge in [0.2, 0.25) is 0 Å². The molecule has 2 aliphatic rings. The molecule has 2 aliphatic carbocycles. The SMILES string of the molecule is CN[C@H]1[C@@H]2[C@@H](CC[C@@]1(C)O)C2(C)C. The van der Waals surface area contributed by atoms with Crippen LogP contribution in [0.5, 0.6) is 0 Å². The zero-order valence-corrected chi connectivity index (χ0v) is 9.09. The van der Waals surface area contributed by atoms with Crippen LogP contribution in [0.25, 0.3) is 0 Å². The quantitative estimate of drug-likeness (QED) is 0.644. The lowest BCUT2D eigenvalue weighted by molar-refractivity contribution is -0.0133. The minimum Gasteiger partial charge on any atom is -0.389 e. The lowest BCUT2D eigenvalue weighted by Crippen LogP contribution is -2.51. The topological polar surface area (TPSA) is 32.3 Å². The summed E-state index contributed by atoms with van der Waals surface area (Å²) in [5.74, 6) is 1.52. The van der Waals surface area contributed by atoms with Gasteiger partial charge in [-0.25, -0.2) is 0 Å². The second-order valence-electron chi connectivity index (χ2n) is 5.62. The highest BCUT2D eigenvalue weighted by Crippen LogP contribution is 2.66. The fourth-order valence-electron chi connectivity index (χ4n) is 3.48. The van der Waals surface area contributed by atoms with Gasteiger partial charge in [0.05, 0.1) is 5.60 Å². The molecule has 0 bridgehead atoms. The van der Waals surface area contributed by atoms with E-state index in [1.807, 2.05) is 14.0 Å². The second kappa shape index (κ2) is 2.48. The molecule has 0 saturated heterocycles. The van der Waals surface area contributed by atoms with Crippen LogP contribution in [-0.2, 0) is 0 Å². The second-order valence-corrected chi connectivity index (χ2v) is 5.62. The zero-order chi connectivity index (χ0) is 9.85. The van der Waals surface area contributed by atoms with Crippen LogP contribution in [-0.4, -0.2) is 23.8 Å². The first-order valence-electron chi connectivity index (χ1n) is 5.31. The highest BCUT2D eigenvalue weighted by Gasteiger charge is 2.65. The van der Waals surface area contributed by atoms with E-state index in [9.17, 15) is 5.11 Å². The van der Waals surface area contributed by atoms with Crippen molar-refractivity contribution in [2.24, 2.45) is 17.3 Å². The van der Waals surface area contributed by atoms with Crippen molar-refractivity contribution in [1.29, 1.82) is 0 Å². The van der Waals surface area contributed by atoms with Crippen molar-refractivity contribution in [2.45, 2.75) is 45.3 Å². The molecule has 0 spiro atoms. The van der Waals surface area contributed by atoms with Gasteiger partial charge in [-0.2, -0.15) is 0 Å². The fraction of sp³-hybridized carbons (Fsp3) is 1.00. The molecule has 0 aromatic rings. The zero-order valence-electron chi connectivity index (χ0n) is 9.09. The van der Waals surface area contributed by atoms with E-state index in [2.05, 4.69) is 19.2 Å². The number of nitrogens with one attached hydrogen (secondary N) is 1. The van der Waals surface area contributed by atoms with Crippen LogP contribution in [0.1, 0.15) is 33.6 Å². The molecule has 0 radical (unpaired) electrons. The first kappa shape index (κ1) is 9.47. The molecule has 0 aromatic heterocycles. The Morgan fingerprint density at radius 2 is 1.92 bits per heavy atom. The van der Waals surface area contributed by atoms with E-state index in [0.717, 1.165) is 12.3 Å². The van der Waals surface area contributed by atoms with Gasteiger partial charge >= 0.3 is 0 Å². The van der Waals surface area contributed by atoms with Gasteiger partial charge in [-0.1, -0.05) is 13.8 Å². The van der Waals surface area contributed by atoms with E-state index in [-0.39, 0.29) is 0 Å². The molecule has 0 unspecified atom stereocenters. The van der Waals surface area contributed by atoms with Crippen molar-refractivity contribution < 1.29 is 5.11 Å². The summed E-state index contributed by atoms with van der Waals surface area (Å²) >= 11 is 0. The molecule has 0 aromatic carbocycles. The molecular formula is C11H21NO. The van der Waals surface area contributed by atoms with Gasteiger partial charge in [0.25, 0.3) is 0 Å². The maximum Gasteiger partial charge on any atom is 0.0775 e. The Labute approximate surface area is 80.7 Å². The summed E-state index contributed by atoms with van der Waals surface area (Å²) in [7, 11) is 1.97. The molecule has 0 heterocycles. The number of hydrogen-bond donors (Lipinski definition) is 2. The monoisotopic (exact) mass is 183 g/mol. The van der Waals surface area contributed by atoms with E-state index in [1.54, 1.807) is 0 Å². The Morgan fingerprint density at radius 1 is 1.31 bits per heavy atom. The molecule has 2 saturated carbocycles. The first-order chi connectivity index (χ1) is 5.91. The smallest absolute Gasteiger partial charge is 0.0775 e. The van der Waals surface area contributed by atoms with Gasteiger partial charge < -0.3 is 10.4 Å². The van der Waals surface area contributed by atoms with Crippen molar-refractivity contribution in [3.05, 3.63) is 0 Å². The van der Waals surface area contributed by atoms with Crippen molar-refractivity contribution in [3.8, 4) is 0 Å². The predicted octanol–water partition coefficient (Wildman–Crippen LogP) is 1.39. The van der Waals surface area contributed by atoms with Crippen LogP contribution in [0.3, 0.4) is 0 Å². The van der Waals surface area contributed by atoms with E-state index < -0.39 is 5.60 Å². The maximum atomic E-state index is 10.2. The lowest BCUT2D eigenvalue weighted by atomic mass is 9.81. The largest absolute Gasteiger partial charge is 0.389 e. The minimum atomic E-state index is -0.496. The van der Waals surface area contributed by atoms with E-state index in [0.29, 0.717) is 17.4 Å². The number of rotatable bonds is 1. The molecule has 0 amide bonds. The van der Waals surface area contributed by atoms with Crippen molar-refractivity contribution in [1.82, 2.24) is 5.32 Å². The van der Waals surface area contributed by atoms with Gasteiger partial charge in [0.1, 0.15) is 0 Å². The Bertz CT molecular complexity index is 222. The van der Waals surface area contributed by atoms with Crippen molar-refractivity contribution >= 4 is 0 Å². The number of aliphatic hydroxyl groups is 1. The van der Waals surface area contributed by atoms with E-state index in [4.69, 9.17) is 0 Å². The highest BCUT2D eigenvalue weighted by atomic mass is 16.3. The molecule has 2 rings (SSSR count). The van der Waals surface area contributed by atoms with Crippen LogP contribution < -0.4 is 5.32 Å². The Hall–Kier alpha value is -0.0800. The third-order valence-electron chi connectivity index (χ3n) is 4.44. The first-order valence-corrected chi connectivity index (χ1v) is 5.31. The van der Waals surface area contributed by atoms with Gasteiger partial charge in [-0.15, -0.1) is 0 Å². The summed E-state index contributed by atoms with van der Waals surface area (Å²) < 4.78 is 0. The van der Waals surface area contributed by atoms with Crippen LogP contribution >= 0.6 is 0 Å². The van der Waals surface area contributed by atoms with Gasteiger partial charge in [-0.3, -0.25) is 0 Å². The Morgan fingerprint density at radius 3 is 2.38 bits per heavy atom. The van der Waals surface area contributed by atoms with Gasteiger partial charge in [0.15, 0.2) is 0 Å². The Balaban J connectivity index is 2.20. The molecule has 76 valence electrons. The summed E-state index contributed by atoms with van der Waals surface area (Å²) in [6.45, 7) is 6.63. The third kappa shape index (κ3) is 1.15. The van der Waals surface area contributed by atoms with Crippen LogP contribution in [0.15, 0.2) is 0 Å². The third-order valence-corrected chi connectivity index (χ3v) is 4.44. The molecule has 2 N–H and O–H groups in total. The van der Waals surface area contributed by atoms with Crippen LogP contribution in [0, 0.1) is 17.3 Å². The summed E-state index contributed by atoms with van der Waals surface area (Å²) in [6, 6.07) is 0.293. The van der Waals surface area contributed by atoms with Crippen LogP contribution in [0.2, 0.25) is 0 Å². The summed E-state index contributed by atoms with van der Waals surface area (Å²) in [5.41, 5.74) is -0.0438. The maximum absolute atomic E-state index is 10.2. The van der Waals surface area contributed by atoms with Crippen molar-refractivity contribution in [3.63, 3.8) is 0 Å². The standard InChI is InChI=1S/C11H21NO/c1-10(2)7-5-6-11(3,13)9(12-4)8(7)10/h7-9,12-13H,5-6H2,1-4H3/t7-,8+,9+,11-/m1/s1. The predicted molar refractivity (Wildman–Crippen MR) is 53.5 cm³/mol. The van der Waals surface area contributed by atoms with Gasteiger partial charge in [-0.05, 0) is 44.1 Å². The molecule has 4 atom stereocenters. The molecule has 0 aliphatic heterocycles. The normalized spacial score (nSPS) is 52.8. The van der Waals surface area contributed by atoms with Crippen LogP contribution in [0.4, 0.5) is 0 Å². The number of hydrogen-bond acceptors (Lipinski definition) is 2. The summed E-state index contributed by atoms with van der Waals surface area (Å²) in [6.07, 6.45) is 2.14. The molecule has 2 heteroatoms. The molecule has 2 fully saturated rings. The number of likely N-dealkylation sites (N-methyl/N-ethyl adjacent to an activating group) is 1.